The molecular weight excluding hydrogens is 1020 g/mol. The number of carboxylic acids is 1. The van der Waals surface area contributed by atoms with Gasteiger partial charge in [-0.2, -0.15) is 42.4 Å². The third-order valence-corrected chi connectivity index (χ3v) is 12.2. The number of nitrogens with one attached hydrogen (secondary N) is 2. The molecule has 0 amide bonds. The molecule has 2 unspecified atom stereocenters. The molecular formula is C32H24N9O22S5-. The van der Waals surface area contributed by atoms with E-state index in [1.807, 2.05) is 0 Å². The first-order chi connectivity index (χ1) is 32.3. The van der Waals surface area contributed by atoms with Gasteiger partial charge in [0.1, 0.15) is 15.1 Å². The van der Waals surface area contributed by atoms with Gasteiger partial charge < -0.3 is 20.6 Å². The SMILES string of the molecule is O=C(O)C1=NN(c2ccc(SOOO)cc2)C(O)C1N=Nc1ccc(NN=c2c(SOOO)cc3cc(S(=O)(=O)O)c(=NNc4ccc(N([O-])O)cc4SOOO)c(=O)c=3c2=O)c(S(=O)(=O)O)c1. The molecule has 2 atom stereocenters. The van der Waals surface area contributed by atoms with Crippen LogP contribution in [0.3, 0.4) is 0 Å². The molecule has 360 valence electrons. The standard InChI is InChI=1S/C32H24N9O22S5/c42-29-24-13(10-23(68(55,56)57)26(30(24)43)37-34-18-8-4-16(41(47)48)12-20(18)65-62-59-50)9-21(66-63-60-51)25(29)36-35-19-7-1-14(11-22(19)67(52,53)54)33-38-27-28(32(45)46)39-40(31(27)44)15-2-5-17(6-3-15)64-61-58-49/h1-12,27,31,34-35,44,47,49-51H,(H,45,46)(H,52,53,54)(H,55,56,57)/q-1. The number of benzene rings is 3. The van der Waals surface area contributed by atoms with Crippen LogP contribution in [0, 0.1) is 15.6 Å². The second-order valence-corrected chi connectivity index (χ2v) is 17.7. The van der Waals surface area contributed by atoms with Crippen LogP contribution < -0.4 is 42.7 Å². The number of hydrogen-bond donors (Lipinski definition) is 10. The Morgan fingerprint density at radius 3 is 1.97 bits per heavy atom. The van der Waals surface area contributed by atoms with Crippen molar-refractivity contribution in [2.24, 2.45) is 25.5 Å². The van der Waals surface area contributed by atoms with Crippen molar-refractivity contribution in [1.82, 2.24) is 0 Å². The van der Waals surface area contributed by atoms with Crippen molar-refractivity contribution < 1.29 is 90.0 Å². The van der Waals surface area contributed by atoms with Crippen LogP contribution in [-0.4, -0.2) is 81.1 Å². The van der Waals surface area contributed by atoms with Crippen LogP contribution >= 0.6 is 36.1 Å². The molecule has 0 saturated carbocycles. The first-order valence-corrected chi connectivity index (χ1v) is 22.5. The van der Waals surface area contributed by atoms with Crippen molar-refractivity contribution in [2.45, 2.75) is 36.7 Å². The van der Waals surface area contributed by atoms with Crippen molar-refractivity contribution >= 4 is 96.5 Å². The van der Waals surface area contributed by atoms with Gasteiger partial charge in [0.2, 0.25) is 10.9 Å². The first kappa shape index (κ1) is 51.3. The number of anilines is 4. The number of hydrazone groups is 1. The van der Waals surface area contributed by atoms with Crippen LogP contribution in [0.2, 0.25) is 0 Å². The molecule has 1 aliphatic heterocycles. The second kappa shape index (κ2) is 21.9. The topological polar surface area (TPSA) is 452 Å². The normalized spacial score (nSPS) is 15.9. The van der Waals surface area contributed by atoms with Gasteiger partial charge >= 0.3 is 5.97 Å². The summed E-state index contributed by atoms with van der Waals surface area (Å²) in [6, 6.07) is 11.3. The number of carboxylic acid groups (broad SMARTS) is 1. The van der Waals surface area contributed by atoms with Gasteiger partial charge in [0.25, 0.3) is 20.2 Å². The van der Waals surface area contributed by atoms with Crippen molar-refractivity contribution in [3.05, 3.63) is 120 Å². The van der Waals surface area contributed by atoms with E-state index < -0.39 is 107 Å². The lowest BCUT2D eigenvalue weighted by Gasteiger charge is -2.22. The van der Waals surface area contributed by atoms with Crippen molar-refractivity contribution in [2.75, 3.05) is 21.1 Å². The van der Waals surface area contributed by atoms with Crippen LogP contribution in [0.15, 0.2) is 132 Å². The number of aliphatic hydroxyl groups is 1. The molecule has 3 aliphatic rings. The molecule has 2 aliphatic carbocycles. The Hall–Kier alpha value is -6.11. The van der Waals surface area contributed by atoms with E-state index in [2.05, 4.69) is 64.5 Å². The summed E-state index contributed by atoms with van der Waals surface area (Å²) >= 11 is 0.896. The fourth-order valence-corrected chi connectivity index (χ4v) is 8.40. The van der Waals surface area contributed by atoms with Crippen LogP contribution in [0.5, 0.6) is 0 Å². The smallest absolute Gasteiger partial charge is 0.354 e. The summed E-state index contributed by atoms with van der Waals surface area (Å²) in [7, 11) is -10.6. The van der Waals surface area contributed by atoms with Crippen LogP contribution in [0.4, 0.5) is 28.4 Å². The molecule has 0 spiro atoms. The summed E-state index contributed by atoms with van der Waals surface area (Å²) in [6.45, 7) is 0. The zero-order valence-corrected chi connectivity index (χ0v) is 36.6. The Morgan fingerprint density at radius 2 is 1.35 bits per heavy atom. The summed E-state index contributed by atoms with van der Waals surface area (Å²) in [4.78, 5) is 37.6. The molecule has 31 nitrogen and oxygen atoms in total. The molecule has 3 aromatic carbocycles. The number of aliphatic carboxylic acids is 1. The van der Waals surface area contributed by atoms with E-state index in [4.69, 9.17) is 15.8 Å². The summed E-state index contributed by atoms with van der Waals surface area (Å²) in [5.74, 6) is -1.61. The van der Waals surface area contributed by atoms with E-state index in [0.717, 1.165) is 41.4 Å². The summed E-state index contributed by atoms with van der Waals surface area (Å²) in [6.07, 6.45) is -1.77. The molecule has 0 fully saturated rings. The molecule has 68 heavy (non-hydrogen) atoms. The Bertz CT molecular complexity index is 3330. The van der Waals surface area contributed by atoms with E-state index >= 15 is 0 Å². The van der Waals surface area contributed by atoms with E-state index in [0.29, 0.717) is 29.1 Å². The van der Waals surface area contributed by atoms with Gasteiger partial charge in [0.15, 0.2) is 23.3 Å². The number of rotatable bonds is 20. The van der Waals surface area contributed by atoms with E-state index in [1.165, 1.54) is 24.3 Å². The molecule has 36 heteroatoms. The third-order valence-electron chi connectivity index (χ3n) is 8.61. The van der Waals surface area contributed by atoms with E-state index in [9.17, 15) is 61.0 Å². The van der Waals surface area contributed by atoms with Gasteiger partial charge in [-0.05, 0) is 78.0 Å². The molecule has 0 bridgehead atoms. The maximum Gasteiger partial charge on any atom is 0.354 e. The van der Waals surface area contributed by atoms with Gasteiger partial charge in [-0.3, -0.25) is 34.8 Å². The summed E-state index contributed by atoms with van der Waals surface area (Å²) in [5, 5.41) is 94.0. The highest BCUT2D eigenvalue weighted by atomic mass is 32.2. The molecule has 0 saturated heterocycles. The number of carbonyl (C=O) groups is 1. The van der Waals surface area contributed by atoms with Gasteiger partial charge in [-0.25, -0.2) is 25.6 Å². The van der Waals surface area contributed by atoms with Crippen molar-refractivity contribution in [3.8, 4) is 0 Å². The van der Waals surface area contributed by atoms with Crippen LogP contribution in [0.1, 0.15) is 0 Å². The molecule has 3 aromatic rings. The van der Waals surface area contributed by atoms with E-state index in [1.54, 1.807) is 0 Å². The monoisotopic (exact) mass is 1050 g/mol. The predicted octanol–water partition coefficient (Wildman–Crippen LogP) is 2.07. The quantitative estimate of drug-likeness (QED) is 0.0175. The molecule has 1 heterocycles. The minimum atomic E-state index is -5.34. The largest absolute Gasteiger partial charge is 0.733 e. The lowest BCUT2D eigenvalue weighted by Crippen LogP contribution is -2.40. The second-order valence-electron chi connectivity index (χ2n) is 12.6. The minimum absolute atomic E-state index is 0.0578. The highest BCUT2D eigenvalue weighted by molar-refractivity contribution is 7.95. The Morgan fingerprint density at radius 1 is 0.765 bits per heavy atom. The Balaban J connectivity index is 1.40. The van der Waals surface area contributed by atoms with Crippen LogP contribution in [-0.2, 0) is 53.1 Å². The van der Waals surface area contributed by atoms with Crippen molar-refractivity contribution in [3.63, 3.8) is 0 Å². The van der Waals surface area contributed by atoms with Gasteiger partial charge in [0.05, 0.1) is 79.6 Å². The highest BCUT2D eigenvalue weighted by Crippen LogP contribution is 2.33. The fraction of sp³-hybridized carbons (Fsp3) is 0.0625. The molecule has 10 N–H and O–H groups in total. The summed E-state index contributed by atoms with van der Waals surface area (Å²) < 4.78 is 83.6. The maximum absolute atomic E-state index is 14.0. The maximum atomic E-state index is 14.0. The number of hydrogen-bond acceptors (Lipinski definition) is 31. The number of nitrogens with zero attached hydrogens (tertiary/aromatic N) is 7. The Labute approximate surface area is 388 Å². The first-order valence-electron chi connectivity index (χ1n) is 17.4. The lowest BCUT2D eigenvalue weighted by molar-refractivity contribution is -0.432. The van der Waals surface area contributed by atoms with Gasteiger partial charge in [-0.1, -0.05) is 15.1 Å². The summed E-state index contributed by atoms with van der Waals surface area (Å²) in [5.41, 5.74) is -0.426. The number of azo groups is 1. The fourth-order valence-electron chi connectivity index (χ4n) is 5.75. The Kier molecular flexibility index (Phi) is 16.5. The highest BCUT2D eigenvalue weighted by Gasteiger charge is 2.41. The average molecular weight is 1050 g/mol. The predicted molar refractivity (Wildman–Crippen MR) is 225 cm³/mol. The van der Waals surface area contributed by atoms with Gasteiger partial charge in [0, 0.05) is 4.90 Å². The van der Waals surface area contributed by atoms with Crippen LogP contribution in [0.25, 0.3) is 0 Å². The average Bonchev–Trinajstić information content (AvgIpc) is 3.63. The van der Waals surface area contributed by atoms with Gasteiger partial charge in [-0.15, -0.1) is 13.0 Å². The molecule has 0 aromatic heterocycles. The van der Waals surface area contributed by atoms with E-state index in [-0.39, 0.29) is 46.0 Å². The number of aliphatic hydroxyl groups excluding tert-OH is 1. The van der Waals surface area contributed by atoms with Crippen molar-refractivity contribution in [1.29, 1.82) is 0 Å². The minimum Gasteiger partial charge on any atom is -0.733 e. The zero-order valence-electron chi connectivity index (χ0n) is 32.5. The third kappa shape index (κ3) is 11.8. The lowest BCUT2D eigenvalue weighted by atomic mass is 10.1. The molecule has 0 radical (unpaired) electrons. The molecule has 6 rings (SSSR count). The zero-order chi connectivity index (χ0) is 49.5.